The van der Waals surface area contributed by atoms with Gasteiger partial charge in [0.2, 0.25) is 5.91 Å². The first kappa shape index (κ1) is 46.3. The molecule has 4 fully saturated rings. The van der Waals surface area contributed by atoms with Crippen LogP contribution in [0.2, 0.25) is 0 Å². The number of carbonyl (C=O) groups excluding carboxylic acids is 1. The van der Waals surface area contributed by atoms with Gasteiger partial charge in [-0.25, -0.2) is 24.7 Å². The van der Waals surface area contributed by atoms with Gasteiger partial charge in [-0.2, -0.15) is 19.2 Å². The van der Waals surface area contributed by atoms with Crippen LogP contribution in [0.4, 0.5) is 0 Å². The summed E-state index contributed by atoms with van der Waals surface area (Å²) in [7, 11) is 0. The number of rotatable bonds is 8. The van der Waals surface area contributed by atoms with E-state index in [1.165, 1.54) is 23.9 Å². The van der Waals surface area contributed by atoms with Crippen molar-refractivity contribution in [1.29, 1.82) is 0 Å². The molecule has 0 spiro atoms. The standard InChI is InChI=1S/C25H24N8O2.C23H22N8.C2H4O3.CH4/c34-13-21(35)32-16-2-3-17(32)10-15(9-16)22-18-5-6-28-24(18)33-25(31-22)19(12-30-33)14-1-4-20(29-11-14)23-26-7-8-27-23;1-4-19(21-24-7-8-25-21)27-11-13(1)18-12-28-31-22-17(5-6-26-22)20(30-23(18)31)14-9-15-2-3-16(10-14)29-15;3-1-2(4)5;/h1,4-8,11-12,15-17,28,34H,2-3,9-10,13H2,(H,26,27);1,4-8,11-12,14-16,26,29H,2-3,9-10H2,(H,24,25);3H,1H2,(H,4,5);1H4/t15?,16-,17+;14?,15-,16+;;. The van der Waals surface area contributed by atoms with Gasteiger partial charge in [0, 0.05) is 119 Å². The number of hydrogen-bond acceptors (Lipinski definition) is 13. The van der Waals surface area contributed by atoms with Crippen LogP contribution in [-0.4, -0.2) is 139 Å². The van der Waals surface area contributed by atoms with Gasteiger partial charge in [0.25, 0.3) is 0 Å². The zero-order valence-electron chi connectivity index (χ0n) is 38.4. The molecule has 6 atom stereocenters. The number of H-pyrrole nitrogens is 4. The Hall–Kier alpha value is -8.14. The average Bonchev–Trinajstić information content (AvgIpc) is 4.26. The number of aliphatic hydroxyl groups excluding tert-OH is 2. The van der Waals surface area contributed by atoms with E-state index in [-0.39, 0.29) is 31.3 Å². The molecule has 4 saturated heterocycles. The normalized spacial score (nSPS) is 21.1. The van der Waals surface area contributed by atoms with E-state index in [2.05, 4.69) is 73.6 Å². The number of piperidine rings is 2. The molecule has 4 aliphatic rings. The molecular weight excluding hydrogens is 917 g/mol. The molecule has 21 heteroatoms. The first-order chi connectivity index (χ1) is 34.8. The van der Waals surface area contributed by atoms with Gasteiger partial charge in [0.1, 0.15) is 35.9 Å². The smallest absolute Gasteiger partial charge is 0.329 e. The minimum atomic E-state index is -1.19. The lowest BCUT2D eigenvalue weighted by Crippen LogP contribution is -2.47. The summed E-state index contributed by atoms with van der Waals surface area (Å²) in [6.45, 7) is -1.20. The predicted molar refractivity (Wildman–Crippen MR) is 267 cm³/mol. The number of imidazole rings is 2. The third-order valence-corrected chi connectivity index (χ3v) is 14.5. The Balaban J connectivity index is 0.000000141. The van der Waals surface area contributed by atoms with Crippen molar-refractivity contribution in [3.63, 3.8) is 0 Å². The second-order valence-electron chi connectivity index (χ2n) is 18.7. The first-order valence-electron chi connectivity index (χ1n) is 23.9. The third kappa shape index (κ3) is 8.33. The molecule has 2 unspecified atom stereocenters. The van der Waals surface area contributed by atoms with E-state index < -0.39 is 19.2 Å². The SMILES string of the molecule is C.O=C(CO)N1[C@@H]2CC[C@H]1CC(c1nc3c(-c4ccc(-c5ncc[nH]5)nc4)cnn3c3[nH]ccc13)C2.O=C(O)CO.c1c[nH]c(-c2ccc(-c3cnn4c3nc(C3C[C@H]5CC[C@@H](C3)N5)c3cc[nH]c34)cn2)n1. The quantitative estimate of drug-likeness (QED) is 0.0836. The third-order valence-electron chi connectivity index (χ3n) is 14.5. The van der Waals surface area contributed by atoms with Crippen LogP contribution in [0.5, 0.6) is 0 Å². The molecule has 14 rings (SSSR count). The molecule has 368 valence electrons. The Kier molecular flexibility index (Phi) is 12.4. The summed E-state index contributed by atoms with van der Waals surface area (Å²) in [6, 6.07) is 13.8. The van der Waals surface area contributed by atoms with Gasteiger partial charge in [-0.1, -0.05) is 19.6 Å². The number of aliphatic hydroxyl groups is 2. The van der Waals surface area contributed by atoms with Crippen molar-refractivity contribution in [3.05, 3.63) is 110 Å². The maximum atomic E-state index is 12.3. The van der Waals surface area contributed by atoms with Crippen LogP contribution < -0.4 is 5.32 Å². The molecule has 21 nitrogen and oxygen atoms in total. The van der Waals surface area contributed by atoms with Crippen molar-refractivity contribution in [2.45, 2.75) is 94.8 Å². The number of carboxylic acids is 1. The summed E-state index contributed by atoms with van der Waals surface area (Å²) in [5.74, 6) is 0.857. The monoisotopic (exact) mass is 970 g/mol. The van der Waals surface area contributed by atoms with Crippen LogP contribution in [0.1, 0.15) is 82.0 Å². The molecule has 4 aliphatic heterocycles. The molecule has 0 aromatic carbocycles. The summed E-state index contributed by atoms with van der Waals surface area (Å²) in [5.41, 5.74) is 11.3. The highest BCUT2D eigenvalue weighted by molar-refractivity contribution is 5.88. The Morgan fingerprint density at radius 2 is 1.07 bits per heavy atom. The second-order valence-corrected chi connectivity index (χ2v) is 18.7. The van der Waals surface area contributed by atoms with E-state index in [1.54, 1.807) is 24.8 Å². The molecule has 0 saturated carbocycles. The number of nitrogens with one attached hydrogen (secondary N) is 5. The largest absolute Gasteiger partial charge is 0.480 e. The molecule has 1 amide bonds. The molecule has 14 heterocycles. The number of carboxylic acid groups (broad SMARTS) is 1. The van der Waals surface area contributed by atoms with Crippen molar-refractivity contribution in [3.8, 4) is 45.3 Å². The van der Waals surface area contributed by atoms with E-state index >= 15 is 0 Å². The highest BCUT2D eigenvalue weighted by atomic mass is 16.4. The van der Waals surface area contributed by atoms with E-state index in [0.29, 0.717) is 18.0 Å². The number of aliphatic carboxylic acids is 1. The molecule has 0 aliphatic carbocycles. The van der Waals surface area contributed by atoms with E-state index in [1.807, 2.05) is 69.3 Å². The first-order valence-corrected chi connectivity index (χ1v) is 23.9. The van der Waals surface area contributed by atoms with Gasteiger partial charge in [-0.15, -0.1) is 0 Å². The highest BCUT2D eigenvalue weighted by Crippen LogP contribution is 2.45. The summed E-state index contributed by atoms with van der Waals surface area (Å²) in [5, 5.41) is 39.7. The van der Waals surface area contributed by atoms with Gasteiger partial charge in [0.05, 0.1) is 23.8 Å². The summed E-state index contributed by atoms with van der Waals surface area (Å²) in [6.07, 6.45) is 26.9. The van der Waals surface area contributed by atoms with Gasteiger partial charge in [-0.3, -0.25) is 14.8 Å². The van der Waals surface area contributed by atoms with E-state index in [4.69, 9.17) is 25.0 Å². The number of pyridine rings is 2. The lowest BCUT2D eigenvalue weighted by Gasteiger charge is -2.38. The maximum absolute atomic E-state index is 12.3. The number of hydrogen-bond donors (Lipinski definition) is 8. The Morgan fingerprint density at radius 1 is 0.583 bits per heavy atom. The Labute approximate surface area is 411 Å². The van der Waals surface area contributed by atoms with Gasteiger partial charge >= 0.3 is 5.97 Å². The number of carbonyl (C=O) groups is 2. The fourth-order valence-corrected chi connectivity index (χ4v) is 11.5. The number of nitrogens with zero attached hydrogens (tertiary/aromatic N) is 11. The van der Waals surface area contributed by atoms with Crippen LogP contribution in [0.3, 0.4) is 0 Å². The number of fused-ring (bicyclic) bond motifs is 10. The topological polar surface area (TPSA) is 285 Å². The van der Waals surface area contributed by atoms with Crippen LogP contribution in [0, 0.1) is 0 Å². The Morgan fingerprint density at radius 3 is 1.49 bits per heavy atom. The van der Waals surface area contributed by atoms with Crippen molar-refractivity contribution in [2.24, 2.45) is 0 Å². The molecule has 72 heavy (non-hydrogen) atoms. The van der Waals surface area contributed by atoms with Crippen molar-refractivity contribution < 1.29 is 24.9 Å². The number of amides is 1. The zero-order chi connectivity index (χ0) is 48.2. The maximum Gasteiger partial charge on any atom is 0.329 e. The lowest BCUT2D eigenvalue weighted by molar-refractivity contribution is -0.140. The lowest BCUT2D eigenvalue weighted by atomic mass is 9.86. The predicted octanol–water partition coefficient (Wildman–Crippen LogP) is 6.25. The van der Waals surface area contributed by atoms with Crippen molar-refractivity contribution in [2.75, 3.05) is 13.2 Å². The fourth-order valence-electron chi connectivity index (χ4n) is 11.5. The Bertz CT molecular complexity index is 3480. The minimum Gasteiger partial charge on any atom is -0.480 e. The molecular formula is C51H54N16O5. The minimum absolute atomic E-state index is 0. The fraction of sp³-hybridized carbons (Fsp3) is 0.333. The molecule has 8 N–H and O–H groups in total. The van der Waals surface area contributed by atoms with Crippen molar-refractivity contribution in [1.82, 2.24) is 79.3 Å². The molecule has 10 aromatic rings. The second kappa shape index (κ2) is 19.2. The van der Waals surface area contributed by atoms with Gasteiger partial charge in [-0.05, 0) is 75.6 Å². The van der Waals surface area contributed by atoms with E-state index in [0.717, 1.165) is 117 Å². The van der Waals surface area contributed by atoms with E-state index in [9.17, 15) is 9.90 Å². The zero-order valence-corrected chi connectivity index (χ0v) is 38.4. The highest BCUT2D eigenvalue weighted by Gasteiger charge is 2.44. The van der Waals surface area contributed by atoms with Crippen LogP contribution in [0.15, 0.2) is 98.4 Å². The van der Waals surface area contributed by atoms with Crippen LogP contribution >= 0.6 is 0 Å². The molecule has 4 bridgehead atoms. The molecule has 0 radical (unpaired) electrons. The van der Waals surface area contributed by atoms with Gasteiger partial charge < -0.3 is 45.5 Å². The van der Waals surface area contributed by atoms with Crippen molar-refractivity contribution >= 4 is 45.2 Å². The summed E-state index contributed by atoms with van der Waals surface area (Å²) >= 11 is 0. The average molecular weight is 971 g/mol. The van der Waals surface area contributed by atoms with Crippen LogP contribution in [-0.2, 0) is 9.59 Å². The van der Waals surface area contributed by atoms with Crippen LogP contribution in [0.25, 0.3) is 78.7 Å². The number of aromatic nitrogens is 14. The molecule has 10 aromatic heterocycles. The summed E-state index contributed by atoms with van der Waals surface area (Å²) < 4.78 is 3.78. The van der Waals surface area contributed by atoms with Gasteiger partial charge in [0.15, 0.2) is 22.9 Å². The summed E-state index contributed by atoms with van der Waals surface area (Å²) in [4.78, 5) is 64.4. The number of aromatic amines is 4.